The highest BCUT2D eigenvalue weighted by molar-refractivity contribution is 7.16. The van der Waals surface area contributed by atoms with Crippen LogP contribution in [-0.2, 0) is 6.42 Å². The second-order valence-corrected chi connectivity index (χ2v) is 5.64. The molecule has 0 aliphatic heterocycles. The van der Waals surface area contributed by atoms with E-state index in [2.05, 4.69) is 28.3 Å². The minimum Gasteiger partial charge on any atom is -0.349 e. The van der Waals surface area contributed by atoms with Crippen molar-refractivity contribution >= 4 is 22.9 Å². The molecule has 0 spiro atoms. The van der Waals surface area contributed by atoms with Gasteiger partial charge < -0.3 is 10.3 Å². The van der Waals surface area contributed by atoms with Gasteiger partial charge in [-0.2, -0.15) is 0 Å². The molecular weight excluding hydrogens is 254 g/mol. The van der Waals surface area contributed by atoms with Crippen LogP contribution < -0.4 is 5.32 Å². The number of nitrogens with one attached hydrogen (secondary N) is 2. The van der Waals surface area contributed by atoms with Crippen molar-refractivity contribution in [1.82, 2.24) is 15.3 Å². The smallest absolute Gasteiger partial charge is 0.107 e. The highest BCUT2D eigenvalue weighted by Crippen LogP contribution is 2.28. The van der Waals surface area contributed by atoms with Crippen molar-refractivity contribution in [1.29, 1.82) is 0 Å². The first kappa shape index (κ1) is 12.6. The van der Waals surface area contributed by atoms with Crippen LogP contribution in [0, 0.1) is 0 Å². The van der Waals surface area contributed by atoms with Crippen molar-refractivity contribution in [2.75, 3.05) is 6.54 Å². The monoisotopic (exact) mass is 269 g/mol. The van der Waals surface area contributed by atoms with Gasteiger partial charge in [0.1, 0.15) is 5.82 Å². The molecule has 2 rings (SSSR count). The molecule has 0 saturated carbocycles. The van der Waals surface area contributed by atoms with Gasteiger partial charge in [0, 0.05) is 29.7 Å². The number of thiophene rings is 1. The largest absolute Gasteiger partial charge is 0.349 e. The Hall–Kier alpha value is -0.840. The van der Waals surface area contributed by atoms with Gasteiger partial charge in [0.2, 0.25) is 0 Å². The van der Waals surface area contributed by atoms with Crippen LogP contribution in [0.3, 0.4) is 0 Å². The summed E-state index contributed by atoms with van der Waals surface area (Å²) in [5, 5.41) is 3.53. The Labute approximate surface area is 110 Å². The Balaban J connectivity index is 2.07. The van der Waals surface area contributed by atoms with Crippen LogP contribution in [0.4, 0.5) is 0 Å². The Kier molecular flexibility index (Phi) is 4.59. The van der Waals surface area contributed by atoms with Gasteiger partial charge in [-0.1, -0.05) is 18.5 Å². The molecule has 2 aromatic rings. The summed E-state index contributed by atoms with van der Waals surface area (Å²) in [5.41, 5.74) is 0. The van der Waals surface area contributed by atoms with Crippen LogP contribution in [0.1, 0.15) is 30.1 Å². The maximum atomic E-state index is 5.99. The third kappa shape index (κ3) is 3.56. The lowest BCUT2D eigenvalue weighted by Crippen LogP contribution is -2.23. The first-order valence-corrected chi connectivity index (χ1v) is 6.96. The number of hydrogen-bond donors (Lipinski definition) is 2. The normalized spacial score (nSPS) is 12.8. The average Bonchev–Trinajstić information content (AvgIpc) is 2.95. The SMILES string of the molecule is CCCNC(Cc1ncc[nH]1)c1ccc(Cl)s1. The molecule has 0 aliphatic carbocycles. The van der Waals surface area contributed by atoms with E-state index in [-0.39, 0.29) is 0 Å². The number of aromatic amines is 1. The predicted molar refractivity (Wildman–Crippen MR) is 72.7 cm³/mol. The number of hydrogen-bond acceptors (Lipinski definition) is 3. The first-order chi connectivity index (χ1) is 8.29. The lowest BCUT2D eigenvalue weighted by molar-refractivity contribution is 0.527. The van der Waals surface area contributed by atoms with Gasteiger partial charge in [-0.15, -0.1) is 11.3 Å². The van der Waals surface area contributed by atoms with Crippen molar-refractivity contribution in [2.45, 2.75) is 25.8 Å². The topological polar surface area (TPSA) is 40.7 Å². The Morgan fingerprint density at radius 2 is 2.41 bits per heavy atom. The quantitative estimate of drug-likeness (QED) is 0.844. The third-order valence-electron chi connectivity index (χ3n) is 2.53. The maximum Gasteiger partial charge on any atom is 0.107 e. The highest BCUT2D eigenvalue weighted by atomic mass is 35.5. The van der Waals surface area contributed by atoms with E-state index in [0.29, 0.717) is 6.04 Å². The van der Waals surface area contributed by atoms with Crippen LogP contribution >= 0.6 is 22.9 Å². The van der Waals surface area contributed by atoms with Gasteiger partial charge >= 0.3 is 0 Å². The summed E-state index contributed by atoms with van der Waals surface area (Å²) in [6.07, 6.45) is 5.62. The lowest BCUT2D eigenvalue weighted by atomic mass is 10.1. The van der Waals surface area contributed by atoms with Crippen LogP contribution in [0.15, 0.2) is 24.5 Å². The average molecular weight is 270 g/mol. The summed E-state index contributed by atoms with van der Waals surface area (Å²) in [6, 6.07) is 4.33. The van der Waals surface area contributed by atoms with Gasteiger partial charge in [0.25, 0.3) is 0 Å². The third-order valence-corrected chi connectivity index (χ3v) is 3.88. The van der Waals surface area contributed by atoms with Gasteiger partial charge in [0.15, 0.2) is 0 Å². The molecule has 5 heteroatoms. The van der Waals surface area contributed by atoms with Crippen LogP contribution in [-0.4, -0.2) is 16.5 Å². The Morgan fingerprint density at radius 1 is 1.53 bits per heavy atom. The van der Waals surface area contributed by atoms with Crippen molar-refractivity contribution in [3.05, 3.63) is 39.6 Å². The number of imidazole rings is 1. The minimum atomic E-state index is 0.290. The fourth-order valence-electron chi connectivity index (χ4n) is 1.71. The van der Waals surface area contributed by atoms with E-state index in [1.165, 1.54) is 4.88 Å². The first-order valence-electron chi connectivity index (χ1n) is 5.76. The summed E-state index contributed by atoms with van der Waals surface area (Å²) >= 11 is 7.62. The fraction of sp³-hybridized carbons (Fsp3) is 0.417. The molecule has 0 bridgehead atoms. The summed E-state index contributed by atoms with van der Waals surface area (Å²) < 4.78 is 0.836. The molecule has 92 valence electrons. The second-order valence-electron chi connectivity index (χ2n) is 3.89. The summed E-state index contributed by atoms with van der Waals surface area (Å²) in [4.78, 5) is 8.68. The molecule has 0 amide bonds. The lowest BCUT2D eigenvalue weighted by Gasteiger charge is -2.15. The molecular formula is C12H16ClN3S. The summed E-state index contributed by atoms with van der Waals surface area (Å²) in [7, 11) is 0. The standard InChI is InChI=1S/C12H16ClN3S/c1-2-5-14-9(8-12-15-6-7-16-12)10-3-4-11(13)17-10/h3-4,6-7,9,14H,2,5,8H2,1H3,(H,15,16). The molecule has 17 heavy (non-hydrogen) atoms. The zero-order chi connectivity index (χ0) is 12.1. The van der Waals surface area contributed by atoms with Crippen molar-refractivity contribution in [2.24, 2.45) is 0 Å². The van der Waals surface area contributed by atoms with E-state index >= 15 is 0 Å². The number of rotatable bonds is 6. The molecule has 0 aromatic carbocycles. The molecule has 2 N–H and O–H groups in total. The summed E-state index contributed by atoms with van der Waals surface area (Å²) in [6.45, 7) is 3.17. The van der Waals surface area contributed by atoms with E-state index in [1.807, 2.05) is 12.3 Å². The second kappa shape index (κ2) is 6.19. The molecule has 2 heterocycles. The van der Waals surface area contributed by atoms with Crippen molar-refractivity contribution in [3.63, 3.8) is 0 Å². The van der Waals surface area contributed by atoms with E-state index in [0.717, 1.165) is 29.5 Å². The van der Waals surface area contributed by atoms with Gasteiger partial charge in [-0.25, -0.2) is 4.98 Å². The van der Waals surface area contributed by atoms with E-state index in [9.17, 15) is 0 Å². The van der Waals surface area contributed by atoms with Crippen molar-refractivity contribution in [3.8, 4) is 0 Å². The van der Waals surface area contributed by atoms with Crippen LogP contribution in [0.25, 0.3) is 0 Å². The molecule has 1 atom stereocenters. The summed E-state index contributed by atoms with van der Waals surface area (Å²) in [5.74, 6) is 1.00. The molecule has 0 fully saturated rings. The number of H-pyrrole nitrogens is 1. The zero-order valence-corrected chi connectivity index (χ0v) is 11.3. The fourth-order valence-corrected chi connectivity index (χ4v) is 2.85. The van der Waals surface area contributed by atoms with E-state index < -0.39 is 0 Å². The molecule has 2 aromatic heterocycles. The molecule has 0 saturated heterocycles. The Bertz CT molecular complexity index is 438. The van der Waals surface area contributed by atoms with Crippen LogP contribution in [0.5, 0.6) is 0 Å². The zero-order valence-electron chi connectivity index (χ0n) is 9.74. The molecule has 3 nitrogen and oxygen atoms in total. The highest BCUT2D eigenvalue weighted by Gasteiger charge is 2.14. The number of halogens is 1. The van der Waals surface area contributed by atoms with Gasteiger partial charge in [-0.05, 0) is 25.1 Å². The predicted octanol–water partition coefficient (Wildman–Crippen LogP) is 3.41. The minimum absolute atomic E-state index is 0.290. The van der Waals surface area contributed by atoms with E-state index in [4.69, 9.17) is 11.6 Å². The maximum absolute atomic E-state index is 5.99. The van der Waals surface area contributed by atoms with E-state index in [1.54, 1.807) is 17.5 Å². The Morgan fingerprint density at radius 3 is 3.00 bits per heavy atom. The molecule has 1 unspecified atom stereocenters. The van der Waals surface area contributed by atoms with Crippen LogP contribution in [0.2, 0.25) is 4.34 Å². The van der Waals surface area contributed by atoms with Gasteiger partial charge in [-0.3, -0.25) is 0 Å². The van der Waals surface area contributed by atoms with Gasteiger partial charge in [0.05, 0.1) is 4.34 Å². The number of aromatic nitrogens is 2. The molecule has 0 radical (unpaired) electrons. The molecule has 0 aliphatic rings. The van der Waals surface area contributed by atoms with Crippen molar-refractivity contribution < 1.29 is 0 Å². The number of nitrogens with zero attached hydrogens (tertiary/aromatic N) is 1.